The maximum absolute atomic E-state index is 11.8. The summed E-state index contributed by atoms with van der Waals surface area (Å²) in [5, 5.41) is 2.94. The average molecular weight is 270 g/mol. The lowest BCUT2D eigenvalue weighted by Gasteiger charge is -2.27. The van der Waals surface area contributed by atoms with Gasteiger partial charge in [0.25, 0.3) is 0 Å². The lowest BCUT2D eigenvalue weighted by Crippen LogP contribution is -2.30. The van der Waals surface area contributed by atoms with Crippen molar-refractivity contribution in [2.24, 2.45) is 17.6 Å². The summed E-state index contributed by atoms with van der Waals surface area (Å²) in [7, 11) is 0. The molecule has 1 amide bonds. The molecule has 1 rings (SSSR count). The molecule has 1 saturated carbocycles. The highest BCUT2D eigenvalue weighted by atomic mass is 16.5. The van der Waals surface area contributed by atoms with Crippen molar-refractivity contribution < 1.29 is 9.53 Å². The number of nitrogens with one attached hydrogen (secondary N) is 1. The number of unbranched alkanes of at least 4 members (excludes halogenated alkanes) is 1. The van der Waals surface area contributed by atoms with Gasteiger partial charge in [-0.2, -0.15) is 0 Å². The van der Waals surface area contributed by atoms with Gasteiger partial charge in [0.1, 0.15) is 0 Å². The van der Waals surface area contributed by atoms with Gasteiger partial charge in [-0.15, -0.1) is 0 Å². The van der Waals surface area contributed by atoms with Crippen molar-refractivity contribution >= 4 is 5.91 Å². The summed E-state index contributed by atoms with van der Waals surface area (Å²) in [6.07, 6.45) is 7.61. The van der Waals surface area contributed by atoms with Gasteiger partial charge in [-0.05, 0) is 50.5 Å². The summed E-state index contributed by atoms with van der Waals surface area (Å²) in [5.41, 5.74) is 5.67. The molecule has 0 saturated heterocycles. The first-order valence-corrected chi connectivity index (χ1v) is 7.80. The second-order valence-corrected chi connectivity index (χ2v) is 5.64. The van der Waals surface area contributed by atoms with Crippen molar-refractivity contribution in [3.8, 4) is 0 Å². The molecular formula is C15H30N2O2. The maximum atomic E-state index is 11.8. The molecule has 0 aromatic heterocycles. The van der Waals surface area contributed by atoms with Crippen LogP contribution in [0.3, 0.4) is 0 Å². The largest absolute Gasteiger partial charge is 0.380 e. The Morgan fingerprint density at radius 2 is 1.89 bits per heavy atom. The van der Waals surface area contributed by atoms with E-state index in [1.165, 1.54) is 12.8 Å². The first-order valence-electron chi connectivity index (χ1n) is 7.80. The van der Waals surface area contributed by atoms with Gasteiger partial charge in [-0.25, -0.2) is 0 Å². The summed E-state index contributed by atoms with van der Waals surface area (Å²) in [6, 6.07) is 0. The molecule has 0 heterocycles. The van der Waals surface area contributed by atoms with Crippen LogP contribution < -0.4 is 11.1 Å². The average Bonchev–Trinajstić information content (AvgIpc) is 2.43. The van der Waals surface area contributed by atoms with Crippen LogP contribution >= 0.6 is 0 Å². The highest BCUT2D eigenvalue weighted by Crippen LogP contribution is 2.29. The van der Waals surface area contributed by atoms with Crippen LogP contribution in [0.4, 0.5) is 0 Å². The summed E-state index contributed by atoms with van der Waals surface area (Å²) in [6.45, 7) is 5.01. The Bertz CT molecular complexity index is 238. The molecule has 0 aliphatic heterocycles. The van der Waals surface area contributed by atoms with Crippen LogP contribution in [0.1, 0.15) is 51.9 Å². The van der Waals surface area contributed by atoms with Crippen LogP contribution in [-0.2, 0) is 9.53 Å². The molecule has 1 fully saturated rings. The van der Waals surface area contributed by atoms with Crippen LogP contribution in [-0.4, -0.2) is 32.2 Å². The molecule has 4 nitrogen and oxygen atoms in total. The van der Waals surface area contributed by atoms with Crippen molar-refractivity contribution in [2.75, 3.05) is 26.3 Å². The Kier molecular flexibility index (Phi) is 8.84. The molecule has 0 spiro atoms. The van der Waals surface area contributed by atoms with E-state index in [4.69, 9.17) is 10.5 Å². The highest BCUT2D eigenvalue weighted by Gasteiger charge is 2.21. The van der Waals surface area contributed by atoms with Gasteiger partial charge in [-0.3, -0.25) is 4.79 Å². The van der Waals surface area contributed by atoms with E-state index in [9.17, 15) is 4.79 Å². The number of carbonyl (C=O) groups excluding carboxylic acids is 1. The summed E-state index contributed by atoms with van der Waals surface area (Å²) >= 11 is 0. The van der Waals surface area contributed by atoms with Crippen molar-refractivity contribution in [1.29, 1.82) is 0 Å². The number of rotatable bonds is 9. The summed E-state index contributed by atoms with van der Waals surface area (Å²) in [5.74, 6) is 1.42. The number of hydrogen-bond donors (Lipinski definition) is 2. The fourth-order valence-corrected chi connectivity index (χ4v) is 2.62. The molecule has 0 aromatic carbocycles. The van der Waals surface area contributed by atoms with Gasteiger partial charge in [0.15, 0.2) is 0 Å². The molecule has 0 unspecified atom stereocenters. The number of hydrogen-bond acceptors (Lipinski definition) is 3. The number of amides is 1. The normalized spacial score (nSPS) is 23.3. The van der Waals surface area contributed by atoms with Crippen molar-refractivity contribution in [2.45, 2.75) is 51.9 Å². The minimum atomic E-state index is 0.176. The predicted octanol–water partition coefficient (Wildman–Crippen LogP) is 2.07. The molecule has 0 bridgehead atoms. The van der Waals surface area contributed by atoms with E-state index in [-0.39, 0.29) is 5.91 Å². The predicted molar refractivity (Wildman–Crippen MR) is 77.9 cm³/mol. The second kappa shape index (κ2) is 10.2. The topological polar surface area (TPSA) is 64.3 Å². The molecule has 19 heavy (non-hydrogen) atoms. The number of ether oxygens (including phenoxy) is 1. The number of carbonyl (C=O) groups is 1. The Labute approximate surface area is 117 Å². The van der Waals surface area contributed by atoms with E-state index in [1.54, 1.807) is 0 Å². The van der Waals surface area contributed by atoms with Crippen LogP contribution in [0.25, 0.3) is 0 Å². The van der Waals surface area contributed by atoms with Crippen molar-refractivity contribution in [3.05, 3.63) is 0 Å². The highest BCUT2D eigenvalue weighted by molar-refractivity contribution is 5.76. The third-order valence-corrected chi connectivity index (χ3v) is 3.98. The van der Waals surface area contributed by atoms with E-state index in [2.05, 4.69) is 12.2 Å². The fraction of sp³-hybridized carbons (Fsp3) is 0.933. The zero-order valence-corrected chi connectivity index (χ0v) is 12.3. The van der Waals surface area contributed by atoms with Gasteiger partial charge >= 0.3 is 0 Å². The summed E-state index contributed by atoms with van der Waals surface area (Å²) < 4.78 is 5.41. The van der Waals surface area contributed by atoms with E-state index in [1.807, 2.05) is 0 Å². The lowest BCUT2D eigenvalue weighted by molar-refractivity contribution is -0.122. The van der Waals surface area contributed by atoms with Gasteiger partial charge in [0.2, 0.25) is 5.91 Å². The molecule has 4 heteroatoms. The summed E-state index contributed by atoms with van der Waals surface area (Å²) in [4.78, 5) is 11.8. The van der Waals surface area contributed by atoms with E-state index >= 15 is 0 Å². The lowest BCUT2D eigenvalue weighted by atomic mass is 9.80. The molecule has 0 atom stereocenters. The molecule has 112 valence electrons. The van der Waals surface area contributed by atoms with Crippen LogP contribution in [0, 0.1) is 11.8 Å². The monoisotopic (exact) mass is 270 g/mol. The van der Waals surface area contributed by atoms with E-state index in [0.717, 1.165) is 38.8 Å². The first kappa shape index (κ1) is 16.4. The zero-order valence-electron chi connectivity index (χ0n) is 12.3. The van der Waals surface area contributed by atoms with E-state index < -0.39 is 0 Å². The second-order valence-electron chi connectivity index (χ2n) is 5.64. The number of nitrogens with two attached hydrogens (primary N) is 1. The molecule has 0 radical (unpaired) electrons. The van der Waals surface area contributed by atoms with Gasteiger partial charge in [0, 0.05) is 19.6 Å². The van der Waals surface area contributed by atoms with Crippen LogP contribution in [0.5, 0.6) is 0 Å². The Hall–Kier alpha value is -0.610. The quantitative estimate of drug-likeness (QED) is 0.630. The van der Waals surface area contributed by atoms with Gasteiger partial charge in [-0.1, -0.05) is 13.3 Å². The van der Waals surface area contributed by atoms with Gasteiger partial charge in [0.05, 0.1) is 6.61 Å². The van der Waals surface area contributed by atoms with E-state index in [0.29, 0.717) is 31.4 Å². The zero-order chi connectivity index (χ0) is 13.9. The van der Waals surface area contributed by atoms with Crippen LogP contribution in [0.2, 0.25) is 0 Å². The van der Waals surface area contributed by atoms with Crippen LogP contribution in [0.15, 0.2) is 0 Å². The Morgan fingerprint density at radius 1 is 1.21 bits per heavy atom. The molecule has 3 N–H and O–H groups in total. The minimum absolute atomic E-state index is 0.176. The van der Waals surface area contributed by atoms with Gasteiger partial charge < -0.3 is 15.8 Å². The molecule has 1 aliphatic rings. The molecular weight excluding hydrogens is 240 g/mol. The fourth-order valence-electron chi connectivity index (χ4n) is 2.62. The minimum Gasteiger partial charge on any atom is -0.380 e. The maximum Gasteiger partial charge on any atom is 0.220 e. The molecule has 0 aromatic rings. The third kappa shape index (κ3) is 7.53. The van der Waals surface area contributed by atoms with Crippen molar-refractivity contribution in [1.82, 2.24) is 5.32 Å². The smallest absolute Gasteiger partial charge is 0.220 e. The Morgan fingerprint density at radius 3 is 2.53 bits per heavy atom. The SMILES string of the molecule is CCCCOCCNC(=O)CC1CCC(CN)CC1. The first-order chi connectivity index (χ1) is 9.26. The standard InChI is InChI=1S/C15H30N2O2/c1-2-3-9-19-10-8-17-15(18)11-13-4-6-14(12-16)7-5-13/h13-14H,2-12,16H2,1H3,(H,17,18). The third-order valence-electron chi connectivity index (χ3n) is 3.98. The Balaban J connectivity index is 1.99. The van der Waals surface area contributed by atoms with Crippen molar-refractivity contribution in [3.63, 3.8) is 0 Å². The molecule has 1 aliphatic carbocycles.